The van der Waals surface area contributed by atoms with Crippen LogP contribution in [0.3, 0.4) is 0 Å². The van der Waals surface area contributed by atoms with Gasteiger partial charge in [-0.2, -0.15) is 5.26 Å². The van der Waals surface area contributed by atoms with Crippen molar-refractivity contribution in [2.45, 2.75) is 6.54 Å². The third-order valence-electron chi connectivity index (χ3n) is 4.15. The SMILES string of the molecule is COc1cccc(N(Cc2cccc(C#N)c2)c2nc3cccnc3s2)c1. The van der Waals surface area contributed by atoms with Gasteiger partial charge in [-0.1, -0.05) is 29.5 Å². The molecule has 2 aromatic carbocycles. The van der Waals surface area contributed by atoms with Gasteiger partial charge >= 0.3 is 0 Å². The Morgan fingerprint density at radius 1 is 1.11 bits per heavy atom. The number of nitriles is 1. The predicted molar refractivity (Wildman–Crippen MR) is 107 cm³/mol. The van der Waals surface area contributed by atoms with E-state index < -0.39 is 0 Å². The van der Waals surface area contributed by atoms with Gasteiger partial charge in [0, 0.05) is 18.0 Å². The Morgan fingerprint density at radius 3 is 2.81 bits per heavy atom. The van der Waals surface area contributed by atoms with E-state index in [4.69, 9.17) is 9.72 Å². The fraction of sp³-hybridized carbons (Fsp3) is 0.0952. The molecule has 0 aliphatic rings. The molecule has 2 aromatic heterocycles. The van der Waals surface area contributed by atoms with Crippen LogP contribution in [-0.2, 0) is 6.54 Å². The highest BCUT2D eigenvalue weighted by Crippen LogP contribution is 2.35. The molecule has 0 N–H and O–H groups in total. The van der Waals surface area contributed by atoms with E-state index in [1.807, 2.05) is 54.6 Å². The first kappa shape index (κ1) is 17.0. The molecule has 0 radical (unpaired) electrons. The van der Waals surface area contributed by atoms with Crippen molar-refractivity contribution in [3.05, 3.63) is 78.0 Å². The highest BCUT2D eigenvalue weighted by molar-refractivity contribution is 7.21. The molecule has 0 unspecified atom stereocenters. The number of rotatable bonds is 5. The number of methoxy groups -OCH3 is 1. The quantitative estimate of drug-likeness (QED) is 0.498. The lowest BCUT2D eigenvalue weighted by atomic mass is 10.1. The van der Waals surface area contributed by atoms with E-state index in [1.54, 1.807) is 30.7 Å². The molecule has 4 rings (SSSR count). The number of benzene rings is 2. The fourth-order valence-electron chi connectivity index (χ4n) is 2.84. The van der Waals surface area contributed by atoms with Crippen molar-refractivity contribution in [1.82, 2.24) is 9.97 Å². The standard InChI is InChI=1S/C21H16N4OS/c1-26-18-8-3-7-17(12-18)25(14-16-6-2-5-15(11-16)13-22)21-24-19-9-4-10-23-20(19)27-21/h2-12H,14H2,1H3. The Kier molecular flexibility index (Phi) is 4.69. The Bertz CT molecular complexity index is 1100. The number of hydrogen-bond donors (Lipinski definition) is 0. The first-order valence-electron chi connectivity index (χ1n) is 8.39. The van der Waals surface area contributed by atoms with Crippen LogP contribution in [0.2, 0.25) is 0 Å². The molecule has 0 saturated heterocycles. The van der Waals surface area contributed by atoms with Crippen molar-refractivity contribution in [2.75, 3.05) is 12.0 Å². The summed E-state index contributed by atoms with van der Waals surface area (Å²) in [5.41, 5.74) is 3.51. The van der Waals surface area contributed by atoms with E-state index in [0.29, 0.717) is 12.1 Å². The van der Waals surface area contributed by atoms with Gasteiger partial charge in [-0.15, -0.1) is 0 Å². The Morgan fingerprint density at radius 2 is 2.00 bits per heavy atom. The molecular weight excluding hydrogens is 356 g/mol. The second-order valence-electron chi connectivity index (χ2n) is 5.92. The van der Waals surface area contributed by atoms with E-state index in [9.17, 15) is 5.26 Å². The molecule has 0 amide bonds. The van der Waals surface area contributed by atoms with Crippen LogP contribution in [0.15, 0.2) is 66.9 Å². The summed E-state index contributed by atoms with van der Waals surface area (Å²) in [5.74, 6) is 0.780. The highest BCUT2D eigenvalue weighted by Gasteiger charge is 2.16. The Balaban J connectivity index is 1.79. The zero-order chi connectivity index (χ0) is 18.6. The summed E-state index contributed by atoms with van der Waals surface area (Å²) in [6.07, 6.45) is 1.77. The summed E-state index contributed by atoms with van der Waals surface area (Å²) in [6, 6.07) is 21.5. The summed E-state index contributed by atoms with van der Waals surface area (Å²) < 4.78 is 5.39. The number of thiazole rings is 1. The smallest absolute Gasteiger partial charge is 0.192 e. The minimum atomic E-state index is 0.586. The number of nitrogens with zero attached hydrogens (tertiary/aromatic N) is 4. The molecule has 0 bridgehead atoms. The number of hydrogen-bond acceptors (Lipinski definition) is 6. The van der Waals surface area contributed by atoms with Crippen molar-refractivity contribution in [1.29, 1.82) is 5.26 Å². The van der Waals surface area contributed by atoms with Crippen LogP contribution in [0.4, 0.5) is 10.8 Å². The van der Waals surface area contributed by atoms with E-state index in [0.717, 1.165) is 32.5 Å². The molecule has 0 aliphatic heterocycles. The van der Waals surface area contributed by atoms with E-state index in [1.165, 1.54) is 0 Å². The summed E-state index contributed by atoms with van der Waals surface area (Å²) in [7, 11) is 1.65. The van der Waals surface area contributed by atoms with Gasteiger partial charge in [0.15, 0.2) is 5.13 Å². The minimum Gasteiger partial charge on any atom is -0.497 e. The summed E-state index contributed by atoms with van der Waals surface area (Å²) in [5, 5.41) is 10.0. The lowest BCUT2D eigenvalue weighted by Gasteiger charge is -2.22. The van der Waals surface area contributed by atoms with Crippen LogP contribution in [0.5, 0.6) is 5.75 Å². The molecule has 2 heterocycles. The summed E-state index contributed by atoms with van der Waals surface area (Å²) in [6.45, 7) is 0.586. The second kappa shape index (κ2) is 7.44. The van der Waals surface area contributed by atoms with Gasteiger partial charge < -0.3 is 9.64 Å². The molecule has 0 aliphatic carbocycles. The van der Waals surface area contributed by atoms with Crippen LogP contribution in [0, 0.1) is 11.3 Å². The first-order chi connectivity index (χ1) is 13.3. The highest BCUT2D eigenvalue weighted by atomic mass is 32.1. The molecular formula is C21H16N4OS. The molecule has 0 spiro atoms. The Hall–Kier alpha value is -3.43. The van der Waals surface area contributed by atoms with Crippen molar-refractivity contribution < 1.29 is 4.74 Å². The number of ether oxygens (including phenoxy) is 1. The number of aromatic nitrogens is 2. The number of anilines is 2. The average Bonchev–Trinajstić information content (AvgIpc) is 3.16. The van der Waals surface area contributed by atoms with Gasteiger partial charge in [-0.05, 0) is 42.0 Å². The molecule has 4 aromatic rings. The van der Waals surface area contributed by atoms with Crippen molar-refractivity contribution in [3.8, 4) is 11.8 Å². The molecule has 0 saturated carbocycles. The number of fused-ring (bicyclic) bond motifs is 1. The van der Waals surface area contributed by atoms with Crippen LogP contribution >= 0.6 is 11.3 Å². The van der Waals surface area contributed by atoms with Crippen molar-refractivity contribution in [2.24, 2.45) is 0 Å². The minimum absolute atomic E-state index is 0.586. The van der Waals surface area contributed by atoms with Gasteiger partial charge in [-0.3, -0.25) is 0 Å². The largest absolute Gasteiger partial charge is 0.497 e. The third-order valence-corrected chi connectivity index (χ3v) is 5.15. The van der Waals surface area contributed by atoms with Gasteiger partial charge in [-0.25, -0.2) is 9.97 Å². The molecule has 6 heteroatoms. The van der Waals surface area contributed by atoms with Crippen LogP contribution in [-0.4, -0.2) is 17.1 Å². The topological polar surface area (TPSA) is 62.0 Å². The zero-order valence-corrected chi connectivity index (χ0v) is 15.5. The molecule has 5 nitrogen and oxygen atoms in total. The molecule has 132 valence electrons. The van der Waals surface area contributed by atoms with Crippen LogP contribution < -0.4 is 9.64 Å². The van der Waals surface area contributed by atoms with E-state index in [2.05, 4.69) is 16.0 Å². The fourth-order valence-corrected chi connectivity index (χ4v) is 3.77. The van der Waals surface area contributed by atoms with Gasteiger partial charge in [0.05, 0.1) is 25.3 Å². The zero-order valence-electron chi connectivity index (χ0n) is 14.7. The van der Waals surface area contributed by atoms with Crippen molar-refractivity contribution in [3.63, 3.8) is 0 Å². The van der Waals surface area contributed by atoms with E-state index >= 15 is 0 Å². The summed E-state index contributed by atoms with van der Waals surface area (Å²) in [4.78, 5) is 12.2. The van der Waals surface area contributed by atoms with Gasteiger partial charge in [0.1, 0.15) is 16.1 Å². The maximum absolute atomic E-state index is 9.20. The number of pyridine rings is 1. The third kappa shape index (κ3) is 3.59. The average molecular weight is 372 g/mol. The lowest BCUT2D eigenvalue weighted by Crippen LogP contribution is -2.16. The normalized spacial score (nSPS) is 10.5. The maximum Gasteiger partial charge on any atom is 0.192 e. The molecule has 27 heavy (non-hydrogen) atoms. The monoisotopic (exact) mass is 372 g/mol. The molecule has 0 fully saturated rings. The summed E-state index contributed by atoms with van der Waals surface area (Å²) >= 11 is 1.54. The van der Waals surface area contributed by atoms with Gasteiger partial charge in [0.2, 0.25) is 0 Å². The van der Waals surface area contributed by atoms with E-state index in [-0.39, 0.29) is 0 Å². The van der Waals surface area contributed by atoms with Crippen LogP contribution in [0.25, 0.3) is 10.3 Å². The molecule has 0 atom stereocenters. The van der Waals surface area contributed by atoms with Crippen molar-refractivity contribution >= 4 is 32.5 Å². The predicted octanol–water partition coefficient (Wildman–Crippen LogP) is 4.91. The Labute approximate surface area is 161 Å². The van der Waals surface area contributed by atoms with Gasteiger partial charge in [0.25, 0.3) is 0 Å². The lowest BCUT2D eigenvalue weighted by molar-refractivity contribution is 0.415. The second-order valence-corrected chi connectivity index (χ2v) is 6.88. The first-order valence-corrected chi connectivity index (χ1v) is 9.20. The maximum atomic E-state index is 9.20. The van der Waals surface area contributed by atoms with Crippen LogP contribution in [0.1, 0.15) is 11.1 Å².